The van der Waals surface area contributed by atoms with Crippen molar-refractivity contribution in [3.8, 4) is 0 Å². The maximum atomic E-state index is 12.2. The number of rotatable bonds is 9. The SMILES string of the molecule is CC(=O)OC1C(OC2C(O)C(O)C3(C)C(CCC4(C)C3CCC3C(C(C)(O)CC=CC(C)(C)OO)CCC34C)C2(C)C)OC(CO)C(O)C1O. The number of ether oxygens (including phenoxy) is 3. The number of aliphatic hydroxyl groups excluding tert-OH is 5. The van der Waals surface area contributed by atoms with Gasteiger partial charge in [0.1, 0.15) is 30.0 Å². The first kappa shape index (κ1) is 40.0. The molecule has 4 saturated carbocycles. The zero-order valence-corrected chi connectivity index (χ0v) is 31.4. The van der Waals surface area contributed by atoms with Crippen LogP contribution in [0, 0.1) is 45.3 Å². The Morgan fingerprint density at radius 3 is 2.14 bits per heavy atom. The van der Waals surface area contributed by atoms with Crippen LogP contribution < -0.4 is 0 Å². The minimum atomic E-state index is -1.60. The van der Waals surface area contributed by atoms with E-state index >= 15 is 0 Å². The molecule has 5 aliphatic rings. The molecule has 12 heteroatoms. The number of fused-ring (bicyclic) bond motifs is 5. The molecule has 0 radical (unpaired) electrons. The third-order valence-corrected chi connectivity index (χ3v) is 15.0. The molecule has 0 aromatic carbocycles. The summed E-state index contributed by atoms with van der Waals surface area (Å²) in [7, 11) is 0. The summed E-state index contributed by atoms with van der Waals surface area (Å²) in [4.78, 5) is 16.5. The van der Waals surface area contributed by atoms with Gasteiger partial charge < -0.3 is 44.8 Å². The highest BCUT2D eigenvalue weighted by Gasteiger charge is 2.73. The lowest BCUT2D eigenvalue weighted by atomic mass is 9.34. The summed E-state index contributed by atoms with van der Waals surface area (Å²) < 4.78 is 17.6. The van der Waals surface area contributed by atoms with E-state index in [1.54, 1.807) is 19.9 Å². The summed E-state index contributed by atoms with van der Waals surface area (Å²) in [5.41, 5.74) is -3.49. The van der Waals surface area contributed by atoms with E-state index in [0.29, 0.717) is 6.42 Å². The minimum Gasteiger partial charge on any atom is -0.454 e. The summed E-state index contributed by atoms with van der Waals surface area (Å²) in [6.07, 6.45) is -1.34. The molecule has 0 spiro atoms. The fourth-order valence-corrected chi connectivity index (χ4v) is 12.2. The second-order valence-corrected chi connectivity index (χ2v) is 18.4. The monoisotopic (exact) mass is 712 g/mol. The standard InChI is InChI=1S/C38H64O12/c1-20(40)47-29-27(42)26(41)23(19-39)48-32(29)49-31-28(43)30(44)38(9)24(34(31,4)5)14-18-36(7)25(38)12-11-21-22(13-17-35(21,36)6)37(8,45)16-10-15-33(2,3)50-46/h10,15,21-32,39,41-46H,11-14,16-19H2,1-9H3. The summed E-state index contributed by atoms with van der Waals surface area (Å²) in [5, 5.41) is 76.5. The molecule has 0 bridgehead atoms. The Bertz CT molecular complexity index is 1270. The van der Waals surface area contributed by atoms with E-state index in [1.807, 2.05) is 26.8 Å². The van der Waals surface area contributed by atoms with E-state index < -0.39 is 83.6 Å². The van der Waals surface area contributed by atoms with Gasteiger partial charge in [0.15, 0.2) is 12.4 Å². The smallest absolute Gasteiger partial charge is 0.303 e. The van der Waals surface area contributed by atoms with Crippen LogP contribution in [-0.2, 0) is 23.9 Å². The molecule has 1 heterocycles. The van der Waals surface area contributed by atoms with Crippen LogP contribution in [0.2, 0.25) is 0 Å². The summed E-state index contributed by atoms with van der Waals surface area (Å²) in [6, 6.07) is 0. The third kappa shape index (κ3) is 6.21. The number of esters is 1. The van der Waals surface area contributed by atoms with Crippen LogP contribution in [0.25, 0.3) is 0 Å². The predicted octanol–water partition coefficient (Wildman–Crippen LogP) is 3.33. The van der Waals surface area contributed by atoms with E-state index in [0.717, 1.165) is 45.4 Å². The molecule has 1 aliphatic heterocycles. The molecule has 0 amide bonds. The van der Waals surface area contributed by atoms with Crippen molar-refractivity contribution in [3.63, 3.8) is 0 Å². The first-order chi connectivity index (χ1) is 23.0. The molecule has 1 saturated heterocycles. The lowest BCUT2D eigenvalue weighted by Crippen LogP contribution is -2.73. The molecule has 16 atom stereocenters. The van der Waals surface area contributed by atoms with Crippen molar-refractivity contribution in [3.05, 3.63) is 12.2 Å². The highest BCUT2D eigenvalue weighted by molar-refractivity contribution is 5.66. The van der Waals surface area contributed by atoms with Crippen LogP contribution in [-0.4, -0.2) is 109 Å². The lowest BCUT2D eigenvalue weighted by molar-refractivity contribution is -0.355. The third-order valence-electron chi connectivity index (χ3n) is 15.0. The second kappa shape index (κ2) is 13.6. The number of carbonyl (C=O) groups excluding carboxylic acids is 1. The average Bonchev–Trinajstić information content (AvgIpc) is 3.40. The first-order valence-corrected chi connectivity index (χ1v) is 18.6. The van der Waals surface area contributed by atoms with E-state index in [4.69, 9.17) is 14.2 Å². The molecule has 5 rings (SSSR count). The van der Waals surface area contributed by atoms with Crippen molar-refractivity contribution in [2.75, 3.05) is 6.61 Å². The molecule has 50 heavy (non-hydrogen) atoms. The van der Waals surface area contributed by atoms with Crippen LogP contribution >= 0.6 is 0 Å². The van der Waals surface area contributed by atoms with Crippen molar-refractivity contribution >= 4 is 5.97 Å². The molecule has 4 aliphatic carbocycles. The largest absolute Gasteiger partial charge is 0.454 e. The van der Waals surface area contributed by atoms with Crippen LogP contribution in [0.4, 0.5) is 0 Å². The Morgan fingerprint density at radius 2 is 1.54 bits per heavy atom. The van der Waals surface area contributed by atoms with Gasteiger partial charge in [0.25, 0.3) is 0 Å². The van der Waals surface area contributed by atoms with Crippen LogP contribution in [0.5, 0.6) is 0 Å². The number of aliphatic hydroxyl groups is 6. The maximum Gasteiger partial charge on any atom is 0.303 e. The molecule has 5 fully saturated rings. The molecular weight excluding hydrogens is 648 g/mol. The Labute approximate surface area is 297 Å². The van der Waals surface area contributed by atoms with Gasteiger partial charge in [0.2, 0.25) is 0 Å². The van der Waals surface area contributed by atoms with Crippen molar-refractivity contribution in [2.45, 2.75) is 167 Å². The molecule has 7 N–H and O–H groups in total. The Balaban J connectivity index is 1.41. The van der Waals surface area contributed by atoms with Gasteiger partial charge in [-0.05, 0) is 106 Å². The Morgan fingerprint density at radius 1 is 0.900 bits per heavy atom. The molecule has 16 unspecified atom stereocenters. The zero-order chi connectivity index (χ0) is 37.4. The summed E-state index contributed by atoms with van der Waals surface area (Å²) in [6.45, 7) is 16.9. The fraction of sp³-hybridized carbons (Fsp3) is 0.921. The second-order valence-electron chi connectivity index (χ2n) is 18.4. The van der Waals surface area contributed by atoms with Crippen LogP contribution in [0.1, 0.15) is 107 Å². The minimum absolute atomic E-state index is 0.0708. The molecule has 288 valence electrons. The van der Waals surface area contributed by atoms with Crippen molar-refractivity contribution in [1.82, 2.24) is 0 Å². The van der Waals surface area contributed by atoms with Gasteiger partial charge in [-0.15, -0.1) is 0 Å². The zero-order valence-electron chi connectivity index (χ0n) is 31.4. The lowest BCUT2D eigenvalue weighted by Gasteiger charge is -2.71. The Hall–Kier alpha value is -1.19. The number of hydrogen-bond donors (Lipinski definition) is 7. The topological polar surface area (TPSA) is 196 Å². The van der Waals surface area contributed by atoms with Gasteiger partial charge >= 0.3 is 5.97 Å². The van der Waals surface area contributed by atoms with Gasteiger partial charge in [0.05, 0.1) is 24.4 Å². The quantitative estimate of drug-likeness (QED) is 0.0607. The van der Waals surface area contributed by atoms with Gasteiger partial charge in [-0.2, -0.15) is 0 Å². The highest BCUT2D eigenvalue weighted by Crippen LogP contribution is 2.76. The van der Waals surface area contributed by atoms with Crippen LogP contribution in [0.15, 0.2) is 12.2 Å². The molecular formula is C38H64O12. The average molecular weight is 713 g/mol. The number of hydrogen-bond acceptors (Lipinski definition) is 12. The van der Waals surface area contributed by atoms with E-state index in [-0.39, 0.29) is 34.5 Å². The maximum absolute atomic E-state index is 12.2. The van der Waals surface area contributed by atoms with E-state index in [2.05, 4.69) is 25.7 Å². The van der Waals surface area contributed by atoms with E-state index in [9.17, 15) is 40.7 Å². The number of carbonyl (C=O) groups is 1. The van der Waals surface area contributed by atoms with Gasteiger partial charge in [-0.3, -0.25) is 10.1 Å². The highest BCUT2D eigenvalue weighted by atomic mass is 17.1. The predicted molar refractivity (Wildman–Crippen MR) is 182 cm³/mol. The van der Waals surface area contributed by atoms with Gasteiger partial charge in [-0.25, -0.2) is 4.89 Å². The molecule has 0 aromatic rings. The fourth-order valence-electron chi connectivity index (χ4n) is 12.2. The van der Waals surface area contributed by atoms with Crippen molar-refractivity contribution in [1.29, 1.82) is 0 Å². The normalized spacial score (nSPS) is 48.7. The van der Waals surface area contributed by atoms with Crippen LogP contribution in [0.3, 0.4) is 0 Å². The first-order valence-electron chi connectivity index (χ1n) is 18.6. The van der Waals surface area contributed by atoms with Crippen molar-refractivity contribution < 1.29 is 59.8 Å². The molecule has 0 aromatic heterocycles. The van der Waals surface area contributed by atoms with E-state index in [1.165, 1.54) is 0 Å². The summed E-state index contributed by atoms with van der Waals surface area (Å²) >= 11 is 0. The van der Waals surface area contributed by atoms with Crippen molar-refractivity contribution in [2.24, 2.45) is 45.3 Å². The van der Waals surface area contributed by atoms with Gasteiger partial charge in [-0.1, -0.05) is 46.8 Å². The molecule has 12 nitrogen and oxygen atoms in total. The Kier molecular flexibility index (Phi) is 10.9. The van der Waals surface area contributed by atoms with Gasteiger partial charge in [0, 0.05) is 12.3 Å². The summed E-state index contributed by atoms with van der Waals surface area (Å²) in [5.74, 6) is -0.389.